The first-order valence-corrected chi connectivity index (χ1v) is 7.39. The second-order valence-electron chi connectivity index (χ2n) is 5.19. The maximum atomic E-state index is 13.6. The minimum Gasteiger partial charge on any atom is -0.455 e. The Balaban J connectivity index is 1.94. The number of nitro groups is 2. The maximum Gasteiger partial charge on any atom is 0.311 e. The predicted molar refractivity (Wildman–Crippen MR) is 89.4 cm³/mol. The highest BCUT2D eigenvalue weighted by Gasteiger charge is 2.18. The van der Waals surface area contributed by atoms with Crippen LogP contribution in [0, 0.1) is 26.0 Å². The fourth-order valence-electron chi connectivity index (χ4n) is 2.10. The normalized spacial score (nSPS) is 10.1. The molecule has 0 saturated carbocycles. The number of nitro benzene ring substituents is 2. The number of carbonyl (C=O) groups excluding carboxylic acids is 2. The lowest BCUT2D eigenvalue weighted by atomic mass is 10.1. The van der Waals surface area contributed by atoms with Gasteiger partial charge in [-0.1, -0.05) is 18.2 Å². The number of rotatable bonds is 7. The zero-order valence-electron chi connectivity index (χ0n) is 13.6. The van der Waals surface area contributed by atoms with Crippen molar-refractivity contribution in [3.8, 4) is 0 Å². The number of ether oxygens (including phenoxy) is 1. The van der Waals surface area contributed by atoms with E-state index in [2.05, 4.69) is 5.32 Å². The smallest absolute Gasteiger partial charge is 0.311 e. The molecule has 0 spiro atoms. The lowest BCUT2D eigenvalue weighted by molar-refractivity contribution is -0.385. The number of nitrogens with zero attached hydrogens (tertiary/aromatic N) is 2. The molecule has 0 bridgehead atoms. The van der Waals surface area contributed by atoms with Crippen molar-refractivity contribution in [3.05, 3.63) is 74.1 Å². The van der Waals surface area contributed by atoms with Crippen molar-refractivity contribution in [1.29, 1.82) is 0 Å². The Morgan fingerprint density at radius 3 is 2.44 bits per heavy atom. The van der Waals surface area contributed by atoms with E-state index < -0.39 is 51.9 Å². The van der Waals surface area contributed by atoms with Gasteiger partial charge < -0.3 is 10.1 Å². The molecule has 0 aliphatic heterocycles. The number of esters is 1. The number of nitrogens with one attached hydrogen (secondary N) is 1. The van der Waals surface area contributed by atoms with E-state index in [1.165, 1.54) is 24.3 Å². The number of hydrogen-bond donors (Lipinski definition) is 1. The van der Waals surface area contributed by atoms with Gasteiger partial charge in [-0.3, -0.25) is 29.8 Å². The number of amides is 1. The Labute approximate surface area is 150 Å². The number of carbonyl (C=O) groups is 2. The molecule has 11 heteroatoms. The van der Waals surface area contributed by atoms with Gasteiger partial charge in [0, 0.05) is 23.8 Å². The molecule has 10 nitrogen and oxygen atoms in total. The van der Waals surface area contributed by atoms with Crippen LogP contribution in [0.2, 0.25) is 0 Å². The van der Waals surface area contributed by atoms with E-state index in [-0.39, 0.29) is 11.3 Å². The van der Waals surface area contributed by atoms with Crippen molar-refractivity contribution in [2.75, 3.05) is 11.9 Å². The van der Waals surface area contributed by atoms with Crippen LogP contribution in [0.15, 0.2) is 42.5 Å². The van der Waals surface area contributed by atoms with E-state index in [0.29, 0.717) is 0 Å². The molecule has 0 radical (unpaired) electrons. The average Bonchev–Trinajstić information content (AvgIpc) is 2.62. The first-order valence-electron chi connectivity index (χ1n) is 7.39. The van der Waals surface area contributed by atoms with Crippen LogP contribution in [0.4, 0.5) is 21.5 Å². The molecule has 0 aliphatic carbocycles. The van der Waals surface area contributed by atoms with Crippen LogP contribution in [-0.2, 0) is 20.7 Å². The molecule has 1 amide bonds. The summed E-state index contributed by atoms with van der Waals surface area (Å²) >= 11 is 0. The Kier molecular flexibility index (Phi) is 6.10. The van der Waals surface area contributed by atoms with Crippen LogP contribution in [0.5, 0.6) is 0 Å². The van der Waals surface area contributed by atoms with Gasteiger partial charge in [-0.15, -0.1) is 0 Å². The summed E-state index contributed by atoms with van der Waals surface area (Å²) in [6, 6.07) is 8.11. The lowest BCUT2D eigenvalue weighted by Gasteiger charge is -2.08. The molecule has 2 aromatic rings. The van der Waals surface area contributed by atoms with Gasteiger partial charge in [0.2, 0.25) is 0 Å². The fourth-order valence-corrected chi connectivity index (χ4v) is 2.10. The molecule has 0 fully saturated rings. The third kappa shape index (κ3) is 5.29. The summed E-state index contributed by atoms with van der Waals surface area (Å²) < 4.78 is 18.3. The second kappa shape index (κ2) is 8.47. The number of non-ortho nitro benzene ring substituents is 1. The van der Waals surface area contributed by atoms with Crippen molar-refractivity contribution >= 4 is 28.9 Å². The number of anilines is 1. The van der Waals surface area contributed by atoms with Crippen LogP contribution in [0.1, 0.15) is 5.56 Å². The van der Waals surface area contributed by atoms with E-state index in [9.17, 15) is 34.2 Å². The molecule has 0 atom stereocenters. The van der Waals surface area contributed by atoms with Gasteiger partial charge in [0.15, 0.2) is 6.61 Å². The minimum absolute atomic E-state index is 0.109. The summed E-state index contributed by atoms with van der Waals surface area (Å²) in [4.78, 5) is 43.6. The van der Waals surface area contributed by atoms with Gasteiger partial charge in [0.05, 0.1) is 22.0 Å². The monoisotopic (exact) mass is 377 g/mol. The first-order chi connectivity index (χ1) is 12.8. The van der Waals surface area contributed by atoms with E-state index in [4.69, 9.17) is 4.74 Å². The third-order valence-electron chi connectivity index (χ3n) is 3.32. The minimum atomic E-state index is -0.926. The predicted octanol–water partition coefficient (Wildman–Crippen LogP) is 2.37. The number of benzene rings is 2. The average molecular weight is 377 g/mol. The molecule has 0 saturated heterocycles. The summed E-state index contributed by atoms with van der Waals surface area (Å²) in [6.45, 7) is -0.790. The van der Waals surface area contributed by atoms with Crippen LogP contribution < -0.4 is 5.32 Å². The Morgan fingerprint density at radius 2 is 1.78 bits per heavy atom. The summed E-state index contributed by atoms with van der Waals surface area (Å²) in [7, 11) is 0. The van der Waals surface area contributed by atoms with Crippen molar-refractivity contribution in [2.24, 2.45) is 0 Å². The third-order valence-corrected chi connectivity index (χ3v) is 3.32. The van der Waals surface area contributed by atoms with Crippen molar-refractivity contribution in [1.82, 2.24) is 0 Å². The van der Waals surface area contributed by atoms with Gasteiger partial charge in [0.1, 0.15) is 5.82 Å². The molecule has 0 aliphatic rings. The van der Waals surface area contributed by atoms with E-state index in [1.807, 2.05) is 0 Å². The molecule has 2 rings (SSSR count). The maximum absolute atomic E-state index is 13.6. The summed E-state index contributed by atoms with van der Waals surface area (Å²) in [5.74, 6) is -2.73. The summed E-state index contributed by atoms with van der Waals surface area (Å²) in [5, 5.41) is 23.6. The van der Waals surface area contributed by atoms with Gasteiger partial charge >= 0.3 is 5.97 Å². The summed E-state index contributed by atoms with van der Waals surface area (Å²) in [6.07, 6.45) is -0.435. The van der Waals surface area contributed by atoms with E-state index >= 15 is 0 Å². The second-order valence-corrected chi connectivity index (χ2v) is 5.19. The van der Waals surface area contributed by atoms with Crippen LogP contribution in [0.25, 0.3) is 0 Å². The lowest BCUT2D eigenvalue weighted by Crippen LogP contribution is -2.22. The van der Waals surface area contributed by atoms with Gasteiger partial charge in [-0.25, -0.2) is 4.39 Å². The van der Waals surface area contributed by atoms with Gasteiger partial charge in [0.25, 0.3) is 17.3 Å². The van der Waals surface area contributed by atoms with Crippen molar-refractivity contribution in [3.63, 3.8) is 0 Å². The highest BCUT2D eigenvalue weighted by Crippen LogP contribution is 2.21. The summed E-state index contributed by atoms with van der Waals surface area (Å²) in [5.41, 5.74) is -1.03. The molecular weight excluding hydrogens is 365 g/mol. The Bertz CT molecular complexity index is 917. The Morgan fingerprint density at radius 1 is 1.07 bits per heavy atom. The van der Waals surface area contributed by atoms with E-state index in [1.54, 1.807) is 0 Å². The molecule has 140 valence electrons. The molecule has 0 unspecified atom stereocenters. The standard InChI is InChI=1S/C16H12FN3O7/c17-12-6-5-11(19(23)24)8-13(12)18-15(21)9-27-16(22)7-10-3-1-2-4-14(10)20(25)26/h1-6,8H,7,9H2,(H,18,21). The number of para-hydroxylation sites is 1. The molecular formula is C16H12FN3O7. The zero-order valence-corrected chi connectivity index (χ0v) is 13.6. The quantitative estimate of drug-likeness (QED) is 0.443. The van der Waals surface area contributed by atoms with Gasteiger partial charge in [-0.2, -0.15) is 0 Å². The fraction of sp³-hybridized carbons (Fsp3) is 0.125. The van der Waals surface area contributed by atoms with E-state index in [0.717, 1.165) is 18.2 Å². The number of hydrogen-bond acceptors (Lipinski definition) is 7. The SMILES string of the molecule is O=C(COC(=O)Cc1ccccc1[N+](=O)[O-])Nc1cc([N+](=O)[O-])ccc1F. The first kappa shape index (κ1) is 19.4. The molecule has 1 N–H and O–H groups in total. The molecule has 0 heterocycles. The molecule has 2 aromatic carbocycles. The van der Waals surface area contributed by atoms with Crippen molar-refractivity contribution < 1.29 is 28.6 Å². The highest BCUT2D eigenvalue weighted by atomic mass is 19.1. The Hall–Kier alpha value is -3.89. The largest absolute Gasteiger partial charge is 0.455 e. The number of halogens is 1. The van der Waals surface area contributed by atoms with Crippen LogP contribution >= 0.6 is 0 Å². The highest BCUT2D eigenvalue weighted by molar-refractivity contribution is 5.93. The zero-order chi connectivity index (χ0) is 20.0. The van der Waals surface area contributed by atoms with Crippen molar-refractivity contribution in [2.45, 2.75) is 6.42 Å². The molecule has 27 heavy (non-hydrogen) atoms. The van der Waals surface area contributed by atoms with Gasteiger partial charge in [-0.05, 0) is 6.07 Å². The molecule has 0 aromatic heterocycles. The van der Waals surface area contributed by atoms with Crippen LogP contribution in [-0.4, -0.2) is 28.3 Å². The van der Waals surface area contributed by atoms with Crippen LogP contribution in [0.3, 0.4) is 0 Å². The topological polar surface area (TPSA) is 142 Å².